The van der Waals surface area contributed by atoms with Gasteiger partial charge in [0.2, 0.25) is 0 Å². The molecule has 2 bridgehead atoms. The topological polar surface area (TPSA) is 99.7 Å². The van der Waals surface area contributed by atoms with Crippen molar-refractivity contribution in [2.75, 3.05) is 6.61 Å². The number of ether oxygens (including phenoxy) is 1. The molecule has 2 aromatic carbocycles. The highest BCUT2D eigenvalue weighted by Crippen LogP contribution is 2.72. The Labute approximate surface area is 598 Å². The standard InChI is InChI=1S/C8H16.C8H10.C8H16.C8H10.C7H9N.C7H14O.C7H12.C7H14.C6H8N2.C5H7NO.2C5H7NS.C5H10/c2*1-7-3-5-8(2)6-4-7;2*1-7-4-3-5-8(2)6-7;2*1-6-3-4-7(2)8-5-6;1-6-3-7(2,4-6)5-6;1-6-3-4-7(2)5-6;1-5-3-8-6(2)4-7-5;1-4-3-5(2)7-6-4;1-4-3-7-5(2)6-4;1-4-3-6-5(2)7-4;1-5(2)3-4-5/h7-8H,3-6H2,1-2H3;3-6H,1-2H3;7-8H,3-6H2,1-2H3;3-6H,1-2H3;3-5H,1-2H3;6-7H,3-5H2,1-2H3;3-5H2,1-2H3;6-7H,3-5H2,1-2H3;3-4H,1-2H3;3*3H,1-2H3;3-4H2,1-2H3/t;;7-,8+;;;6-,7+;;6-,7+;;;;;/m.....0......./s1. The van der Waals surface area contributed by atoms with Crippen LogP contribution in [-0.2, 0) is 4.74 Å². The van der Waals surface area contributed by atoms with Crippen LogP contribution >= 0.6 is 22.7 Å². The molecule has 15 rings (SSSR count). The van der Waals surface area contributed by atoms with Crippen molar-refractivity contribution in [3.05, 3.63) is 174 Å². The van der Waals surface area contributed by atoms with Gasteiger partial charge in [0.25, 0.3) is 0 Å². The SMILES string of the molecule is CC1(C)CC1.CC12CC(C)(C1)C2.CC1CCC(C)CC1.C[C@@H]1CCC[C@H](C)C1.C[C@@H]1CC[C@H](C)C1.C[C@H]1CC[C@@H](C)OC1.Cc1cc(C)on1.Cc1ccc(C)cc1.Cc1ccc(C)nc1.Cc1cccc(C)c1.Cc1cnc(C)cn1.Cc1cnc(C)s1.Cc1csc(C)n1. The zero-order valence-electron chi connectivity index (χ0n) is 66.1. The number of pyridine rings is 1. The molecule has 8 nitrogen and oxygen atoms in total. The third-order valence-corrected chi connectivity index (χ3v) is 20.3. The number of hydrogen-bond donors (Lipinski definition) is 0. The lowest BCUT2D eigenvalue weighted by Gasteiger charge is -2.68. The van der Waals surface area contributed by atoms with Crippen molar-refractivity contribution in [1.29, 1.82) is 0 Å². The van der Waals surface area contributed by atoms with Crippen LogP contribution in [0.1, 0.15) is 276 Å². The second kappa shape index (κ2) is 46.4. The molecule has 7 saturated carbocycles. The van der Waals surface area contributed by atoms with Crippen LogP contribution in [0.15, 0.2) is 101 Å². The Morgan fingerprint density at radius 3 is 1.05 bits per heavy atom. The average molecular weight is 1350 g/mol. The van der Waals surface area contributed by atoms with Gasteiger partial charge in [-0.3, -0.25) is 15.0 Å². The zero-order chi connectivity index (χ0) is 72.0. The van der Waals surface area contributed by atoms with Crippen LogP contribution in [-0.4, -0.2) is 42.8 Å². The average Bonchev–Trinajstić information content (AvgIpc) is 0.909. The molecular weight excluding hydrogens is 1210 g/mol. The minimum Gasteiger partial charge on any atom is -0.378 e. The van der Waals surface area contributed by atoms with Crippen molar-refractivity contribution in [3.8, 4) is 0 Å². The Kier molecular flexibility index (Phi) is 42.2. The van der Waals surface area contributed by atoms with Gasteiger partial charge in [0.05, 0.1) is 33.2 Å². The van der Waals surface area contributed by atoms with E-state index in [1.807, 2.05) is 86.8 Å². The van der Waals surface area contributed by atoms with Crippen molar-refractivity contribution >= 4 is 22.7 Å². The largest absolute Gasteiger partial charge is 0.378 e. The number of thiazole rings is 2. The van der Waals surface area contributed by atoms with Gasteiger partial charge in [0, 0.05) is 59.1 Å². The van der Waals surface area contributed by atoms with Crippen LogP contribution < -0.4 is 0 Å². The smallest absolute Gasteiger partial charge is 0.133 e. The van der Waals surface area contributed by atoms with Crippen molar-refractivity contribution < 1.29 is 9.26 Å². The molecule has 6 heterocycles. The lowest BCUT2D eigenvalue weighted by Crippen LogP contribution is -2.57. The molecule has 0 spiro atoms. The summed E-state index contributed by atoms with van der Waals surface area (Å²) >= 11 is 3.42. The molecular formula is C86H140N6O2S2. The molecule has 8 aliphatic rings. The van der Waals surface area contributed by atoms with E-state index < -0.39 is 0 Å². The van der Waals surface area contributed by atoms with Crippen molar-refractivity contribution in [2.45, 2.75) is 302 Å². The van der Waals surface area contributed by atoms with E-state index in [4.69, 9.17) is 9.26 Å². The number of hydrogen-bond acceptors (Lipinski definition) is 10. The molecule has 96 heavy (non-hydrogen) atoms. The molecule has 5 aromatic heterocycles. The Morgan fingerprint density at radius 1 is 0.406 bits per heavy atom. The minimum absolute atomic E-state index is 0.520. The third-order valence-electron chi connectivity index (χ3n) is 18.6. The molecule has 538 valence electrons. The van der Waals surface area contributed by atoms with Gasteiger partial charge in [-0.05, 0) is 231 Å². The molecule has 0 unspecified atom stereocenters. The van der Waals surface area contributed by atoms with E-state index in [2.05, 4.69) is 208 Å². The Bertz CT molecular complexity index is 2630. The van der Waals surface area contributed by atoms with E-state index in [0.29, 0.717) is 6.10 Å². The summed E-state index contributed by atoms with van der Waals surface area (Å²) in [4.78, 5) is 21.6. The molecule has 0 amide bonds. The van der Waals surface area contributed by atoms with Crippen molar-refractivity contribution in [1.82, 2.24) is 30.1 Å². The van der Waals surface area contributed by atoms with E-state index in [1.165, 1.54) is 148 Å². The summed E-state index contributed by atoms with van der Waals surface area (Å²) in [5.41, 5.74) is 14.0. The van der Waals surface area contributed by atoms with E-state index in [1.54, 1.807) is 35.1 Å². The molecule has 1 saturated heterocycles. The van der Waals surface area contributed by atoms with Gasteiger partial charge >= 0.3 is 0 Å². The van der Waals surface area contributed by atoms with Gasteiger partial charge in [0.1, 0.15) is 5.76 Å². The Morgan fingerprint density at radius 2 is 0.844 bits per heavy atom. The van der Waals surface area contributed by atoms with E-state index >= 15 is 0 Å². The number of nitrogens with zero attached hydrogens (tertiary/aromatic N) is 6. The Hall–Kier alpha value is -4.90. The summed E-state index contributed by atoms with van der Waals surface area (Å²) in [7, 11) is 0. The zero-order valence-corrected chi connectivity index (χ0v) is 67.7. The van der Waals surface area contributed by atoms with Crippen LogP contribution in [0.4, 0.5) is 0 Å². The van der Waals surface area contributed by atoms with Crippen LogP contribution in [0.2, 0.25) is 0 Å². The number of benzene rings is 2. The van der Waals surface area contributed by atoms with Gasteiger partial charge in [0.15, 0.2) is 0 Å². The predicted octanol–water partition coefficient (Wildman–Crippen LogP) is 26.1. The fourth-order valence-corrected chi connectivity index (χ4v) is 14.0. The van der Waals surface area contributed by atoms with Crippen LogP contribution in [0.5, 0.6) is 0 Å². The fourth-order valence-electron chi connectivity index (χ4n) is 12.7. The lowest BCUT2D eigenvalue weighted by molar-refractivity contribution is -0.176. The van der Waals surface area contributed by atoms with Gasteiger partial charge in [-0.25, -0.2) is 9.97 Å². The molecule has 10 heteroatoms. The lowest BCUT2D eigenvalue weighted by atomic mass is 9.37. The predicted molar refractivity (Wildman–Crippen MR) is 419 cm³/mol. The quantitative estimate of drug-likeness (QED) is 0.148. The van der Waals surface area contributed by atoms with E-state index in [-0.39, 0.29) is 0 Å². The summed E-state index contributed by atoms with van der Waals surface area (Å²) in [6, 6.07) is 22.9. The molecule has 7 aromatic rings. The van der Waals surface area contributed by atoms with Gasteiger partial charge < -0.3 is 9.26 Å². The van der Waals surface area contributed by atoms with Gasteiger partial charge in [-0.1, -0.05) is 216 Å². The van der Waals surface area contributed by atoms with E-state index in [9.17, 15) is 0 Å². The molecule has 0 radical (unpaired) electrons. The van der Waals surface area contributed by atoms with Crippen molar-refractivity contribution in [2.24, 2.45) is 57.7 Å². The molecule has 7 aliphatic carbocycles. The maximum Gasteiger partial charge on any atom is 0.133 e. The molecule has 0 N–H and O–H groups in total. The maximum atomic E-state index is 5.39. The first-order valence-electron chi connectivity index (χ1n) is 37.0. The molecule has 6 atom stereocenters. The van der Waals surface area contributed by atoms with Crippen molar-refractivity contribution in [3.63, 3.8) is 0 Å². The summed E-state index contributed by atoms with van der Waals surface area (Å²) in [6.07, 6.45) is 34.1. The van der Waals surface area contributed by atoms with Crippen LogP contribution in [0.25, 0.3) is 0 Å². The summed E-state index contributed by atoms with van der Waals surface area (Å²) in [5, 5.41) is 7.99. The van der Waals surface area contributed by atoms with Gasteiger partial charge in [-0.15, -0.1) is 22.7 Å². The molecule has 8 fully saturated rings. The first-order chi connectivity index (χ1) is 45.0. The summed E-state index contributed by atoms with van der Waals surface area (Å²) < 4.78 is 10.1. The second-order valence-corrected chi connectivity index (χ2v) is 34.6. The van der Waals surface area contributed by atoms with Crippen LogP contribution in [0, 0.1) is 155 Å². The molecule has 1 aliphatic heterocycles. The first-order valence-corrected chi connectivity index (χ1v) is 38.7. The highest BCUT2D eigenvalue weighted by Gasteiger charge is 2.61. The normalized spacial score (nSPS) is 24.5. The Balaban J connectivity index is 0.000000354. The highest BCUT2D eigenvalue weighted by molar-refractivity contribution is 7.11. The summed E-state index contributed by atoms with van der Waals surface area (Å²) in [5.74, 6) is 7.78. The minimum atomic E-state index is 0.520. The monoisotopic (exact) mass is 1350 g/mol. The van der Waals surface area contributed by atoms with Gasteiger partial charge in [-0.2, -0.15) is 0 Å². The van der Waals surface area contributed by atoms with E-state index in [0.717, 1.165) is 109 Å². The summed E-state index contributed by atoms with van der Waals surface area (Å²) in [6.45, 7) is 57.1. The third kappa shape index (κ3) is 44.9. The number of rotatable bonds is 0. The first kappa shape index (κ1) is 87.2. The number of aromatic nitrogens is 6. The highest BCUT2D eigenvalue weighted by atomic mass is 32.1. The second-order valence-electron chi connectivity index (χ2n) is 32.1. The van der Waals surface area contributed by atoms with Crippen LogP contribution in [0.3, 0.4) is 0 Å². The fraction of sp³-hybridized carbons (Fsp3) is 0.651. The number of aryl methyl sites for hydroxylation is 14. The maximum absolute atomic E-state index is 5.39.